The van der Waals surface area contributed by atoms with Crippen LogP contribution in [0.3, 0.4) is 0 Å². The van der Waals surface area contributed by atoms with E-state index in [-0.39, 0.29) is 31.4 Å². The van der Waals surface area contributed by atoms with E-state index in [2.05, 4.69) is 4.98 Å². The van der Waals surface area contributed by atoms with Gasteiger partial charge in [-0.3, -0.25) is 19.1 Å². The summed E-state index contributed by atoms with van der Waals surface area (Å²) >= 11 is 0. The summed E-state index contributed by atoms with van der Waals surface area (Å²) in [4.78, 5) is 39.3. The molecule has 1 amide bonds. The van der Waals surface area contributed by atoms with Crippen molar-refractivity contribution in [2.75, 3.05) is 13.2 Å². The molecule has 2 saturated heterocycles. The van der Waals surface area contributed by atoms with E-state index in [0.29, 0.717) is 5.56 Å². The summed E-state index contributed by atoms with van der Waals surface area (Å²) in [6, 6.07) is 0. The summed E-state index contributed by atoms with van der Waals surface area (Å²) in [6.45, 7) is 2.88. The monoisotopic (exact) mass is 337 g/mol. The maximum absolute atomic E-state index is 12.2. The van der Waals surface area contributed by atoms with Crippen molar-refractivity contribution in [3.8, 4) is 0 Å². The predicted molar refractivity (Wildman–Crippen MR) is 79.9 cm³/mol. The van der Waals surface area contributed by atoms with Crippen molar-refractivity contribution in [2.45, 2.75) is 37.8 Å². The summed E-state index contributed by atoms with van der Waals surface area (Å²) < 4.78 is 7.26. The molecule has 3 aliphatic rings. The van der Waals surface area contributed by atoms with Crippen molar-refractivity contribution >= 4 is 5.91 Å². The molecule has 9 nitrogen and oxygen atoms in total. The lowest BCUT2D eigenvalue weighted by molar-refractivity contribution is -0.280. The molecular weight excluding hydrogens is 318 g/mol. The van der Waals surface area contributed by atoms with E-state index in [1.165, 1.54) is 22.6 Å². The fraction of sp³-hybridized carbons (Fsp3) is 0.667. The molecule has 9 heteroatoms. The van der Waals surface area contributed by atoms with Gasteiger partial charge in [0.25, 0.3) is 5.56 Å². The summed E-state index contributed by atoms with van der Waals surface area (Å²) in [6.07, 6.45) is 0.755. The van der Waals surface area contributed by atoms with E-state index in [0.717, 1.165) is 0 Å². The van der Waals surface area contributed by atoms with Crippen molar-refractivity contribution in [3.63, 3.8) is 0 Å². The smallest absolute Gasteiger partial charge is 0.330 e. The summed E-state index contributed by atoms with van der Waals surface area (Å²) in [5.41, 5.74) is -3.06. The minimum absolute atomic E-state index is 0.102. The van der Waals surface area contributed by atoms with E-state index >= 15 is 0 Å². The van der Waals surface area contributed by atoms with Crippen LogP contribution in [0.4, 0.5) is 0 Å². The van der Waals surface area contributed by atoms with E-state index in [1.807, 2.05) is 0 Å². The molecule has 5 atom stereocenters. The van der Waals surface area contributed by atoms with E-state index in [1.54, 1.807) is 6.92 Å². The molecule has 1 aromatic rings. The molecule has 3 fully saturated rings. The highest BCUT2D eigenvalue weighted by Crippen LogP contribution is 2.66. The summed E-state index contributed by atoms with van der Waals surface area (Å²) in [5.74, 6) is -1.08. The number of aromatic nitrogens is 2. The highest BCUT2D eigenvalue weighted by Gasteiger charge is 2.78. The van der Waals surface area contributed by atoms with Crippen molar-refractivity contribution in [2.24, 2.45) is 11.8 Å². The molecule has 1 saturated carbocycles. The number of aliphatic hydroxyl groups is 2. The number of ether oxygens (including phenoxy) is 1. The first-order valence-corrected chi connectivity index (χ1v) is 7.85. The van der Waals surface area contributed by atoms with Gasteiger partial charge >= 0.3 is 5.69 Å². The first kappa shape index (κ1) is 15.6. The van der Waals surface area contributed by atoms with Crippen molar-refractivity contribution < 1.29 is 19.7 Å². The van der Waals surface area contributed by atoms with E-state index in [9.17, 15) is 24.6 Å². The van der Waals surface area contributed by atoms with Gasteiger partial charge in [0.2, 0.25) is 5.91 Å². The largest absolute Gasteiger partial charge is 0.393 e. The molecule has 0 radical (unpaired) electrons. The lowest BCUT2D eigenvalue weighted by atomic mass is 9.61. The molecule has 3 heterocycles. The first-order chi connectivity index (χ1) is 11.2. The van der Waals surface area contributed by atoms with Crippen LogP contribution in [0, 0.1) is 18.8 Å². The molecule has 0 spiro atoms. The van der Waals surface area contributed by atoms with Gasteiger partial charge in [-0.2, -0.15) is 0 Å². The van der Waals surface area contributed by atoms with Crippen LogP contribution in [0.2, 0.25) is 0 Å². The molecule has 3 N–H and O–H groups in total. The molecule has 1 aromatic heterocycles. The maximum atomic E-state index is 12.2. The van der Waals surface area contributed by atoms with Gasteiger partial charge in [0, 0.05) is 43.5 Å². The Labute approximate surface area is 136 Å². The number of rotatable bonds is 2. The quantitative estimate of drug-likeness (QED) is 0.590. The van der Waals surface area contributed by atoms with Crippen LogP contribution >= 0.6 is 0 Å². The standard InChI is InChI=1S/C15H19N3O6/c1-7-3-17(13(22)16-11(7)21)12-9-4-18(8(2)20)15(23)5-14(6-19,24-12)10(9)15/h3,9-10,12,19,23H,4-6H2,1-2H3,(H,16,21,22). The highest BCUT2D eigenvalue weighted by molar-refractivity contribution is 5.75. The van der Waals surface area contributed by atoms with Gasteiger partial charge in [-0.15, -0.1) is 0 Å². The number of likely N-dealkylation sites (tertiary alicyclic amines) is 1. The van der Waals surface area contributed by atoms with Crippen LogP contribution in [0.1, 0.15) is 25.1 Å². The van der Waals surface area contributed by atoms with Gasteiger partial charge in [0.05, 0.1) is 6.61 Å². The summed E-state index contributed by atoms with van der Waals surface area (Å²) in [7, 11) is 0. The molecule has 5 unspecified atom stereocenters. The van der Waals surface area contributed by atoms with E-state index < -0.39 is 34.7 Å². The van der Waals surface area contributed by atoms with Gasteiger partial charge in [-0.05, 0) is 6.92 Å². The second-order valence-corrected chi connectivity index (χ2v) is 7.04. The third-order valence-corrected chi connectivity index (χ3v) is 5.70. The number of carbonyl (C=O) groups excluding carboxylic acids is 1. The third-order valence-electron chi connectivity index (χ3n) is 5.70. The fourth-order valence-corrected chi connectivity index (χ4v) is 4.75. The van der Waals surface area contributed by atoms with Crippen LogP contribution in [0.25, 0.3) is 0 Å². The van der Waals surface area contributed by atoms with Crippen LogP contribution in [0.5, 0.6) is 0 Å². The second kappa shape index (κ2) is 4.56. The van der Waals surface area contributed by atoms with E-state index in [4.69, 9.17) is 4.74 Å². The van der Waals surface area contributed by atoms with Crippen LogP contribution in [0.15, 0.2) is 15.8 Å². The molecule has 130 valence electrons. The Morgan fingerprint density at radius 3 is 2.83 bits per heavy atom. The number of aromatic amines is 1. The molecule has 0 bridgehead atoms. The highest BCUT2D eigenvalue weighted by atomic mass is 16.6. The number of nitrogens with zero attached hydrogens (tertiary/aromatic N) is 2. The SMILES string of the molecule is CC(=O)N1CC2C(n3cc(C)c(=O)[nH]c3=O)OC3(CO)CC1(O)C23. The number of hydrogen-bond acceptors (Lipinski definition) is 6. The summed E-state index contributed by atoms with van der Waals surface area (Å²) in [5, 5.41) is 20.7. The molecule has 24 heavy (non-hydrogen) atoms. The van der Waals surface area contributed by atoms with Gasteiger partial charge in [0.15, 0.2) is 0 Å². The second-order valence-electron chi connectivity index (χ2n) is 7.04. The fourth-order valence-electron chi connectivity index (χ4n) is 4.75. The number of amides is 1. The van der Waals surface area contributed by atoms with Crippen LogP contribution < -0.4 is 11.2 Å². The van der Waals surface area contributed by atoms with Crippen LogP contribution in [-0.4, -0.2) is 55.0 Å². The number of hydrogen-bond donors (Lipinski definition) is 3. The van der Waals surface area contributed by atoms with Crippen molar-refractivity contribution in [1.82, 2.24) is 14.5 Å². The Balaban J connectivity index is 1.81. The zero-order chi connectivity index (χ0) is 17.4. The Morgan fingerprint density at radius 1 is 1.50 bits per heavy atom. The Morgan fingerprint density at radius 2 is 2.21 bits per heavy atom. The minimum Gasteiger partial charge on any atom is -0.393 e. The number of aryl methyl sites for hydroxylation is 1. The molecular formula is C15H19N3O6. The number of H-pyrrole nitrogens is 1. The topological polar surface area (TPSA) is 125 Å². The molecule has 2 aliphatic heterocycles. The number of aliphatic hydroxyl groups excluding tert-OH is 1. The maximum Gasteiger partial charge on any atom is 0.330 e. The average Bonchev–Trinajstić information content (AvgIpc) is 2.90. The van der Waals surface area contributed by atoms with Gasteiger partial charge in [0.1, 0.15) is 17.6 Å². The van der Waals surface area contributed by atoms with Crippen molar-refractivity contribution in [1.29, 1.82) is 0 Å². The lowest BCUT2D eigenvalue weighted by Gasteiger charge is -2.55. The van der Waals surface area contributed by atoms with Crippen LogP contribution in [-0.2, 0) is 9.53 Å². The Hall–Kier alpha value is -1.97. The first-order valence-electron chi connectivity index (χ1n) is 7.85. The normalized spacial score (nSPS) is 39.7. The molecule has 4 rings (SSSR count). The van der Waals surface area contributed by atoms with Crippen molar-refractivity contribution in [3.05, 3.63) is 32.6 Å². The Kier molecular flexibility index (Phi) is 2.95. The van der Waals surface area contributed by atoms with Gasteiger partial charge in [-0.1, -0.05) is 0 Å². The Bertz CT molecular complexity index is 846. The molecule has 1 aliphatic carbocycles. The number of nitrogens with one attached hydrogen (secondary N) is 1. The minimum atomic E-state index is -1.35. The molecule has 0 aromatic carbocycles. The zero-order valence-electron chi connectivity index (χ0n) is 13.4. The van der Waals surface area contributed by atoms with Gasteiger partial charge in [-0.25, -0.2) is 4.79 Å². The lowest BCUT2D eigenvalue weighted by Crippen LogP contribution is -2.70. The average molecular weight is 337 g/mol. The number of carbonyl (C=O) groups is 1. The predicted octanol–water partition coefficient (Wildman–Crippen LogP) is -1.71. The zero-order valence-corrected chi connectivity index (χ0v) is 13.4. The third kappa shape index (κ3) is 1.66. The van der Waals surface area contributed by atoms with Gasteiger partial charge < -0.3 is 19.8 Å².